The Labute approximate surface area is 237 Å². The van der Waals surface area contributed by atoms with Gasteiger partial charge in [0.1, 0.15) is 23.9 Å². The molecule has 2 aromatic carbocycles. The van der Waals surface area contributed by atoms with E-state index in [1.807, 2.05) is 6.07 Å². The lowest BCUT2D eigenvalue weighted by Crippen LogP contribution is -2.58. The van der Waals surface area contributed by atoms with Crippen LogP contribution in [0.1, 0.15) is 24.0 Å². The number of hydrogen-bond donors (Lipinski definition) is 9. The van der Waals surface area contributed by atoms with Crippen LogP contribution in [-0.2, 0) is 32.0 Å². The maximum Gasteiger partial charge on any atom is 0.326 e. The number of nitrogens with two attached hydrogens (primary N) is 3. The molecule has 3 amide bonds. The van der Waals surface area contributed by atoms with Crippen LogP contribution in [0.25, 0.3) is 0 Å². The quantitative estimate of drug-likeness (QED) is 0.0613. The van der Waals surface area contributed by atoms with Crippen LogP contribution in [0.5, 0.6) is 5.75 Å². The van der Waals surface area contributed by atoms with Crippen LogP contribution in [-0.4, -0.2) is 82.3 Å². The molecule has 2 aromatic rings. The van der Waals surface area contributed by atoms with Crippen LogP contribution in [0.15, 0.2) is 59.6 Å². The summed E-state index contributed by atoms with van der Waals surface area (Å²) < 4.78 is 0. The second-order valence-electron chi connectivity index (χ2n) is 9.32. The van der Waals surface area contributed by atoms with Gasteiger partial charge in [-0.15, -0.1) is 0 Å². The molecule has 2 rings (SSSR count). The van der Waals surface area contributed by atoms with Crippen LogP contribution >= 0.6 is 0 Å². The Morgan fingerprint density at radius 3 is 1.93 bits per heavy atom. The summed E-state index contributed by atoms with van der Waals surface area (Å²) >= 11 is 0. The van der Waals surface area contributed by atoms with Crippen molar-refractivity contribution in [1.82, 2.24) is 16.0 Å². The Hall–Kier alpha value is -4.69. The molecule has 12 N–H and O–H groups in total. The highest BCUT2D eigenvalue weighted by Gasteiger charge is 2.30. The summed E-state index contributed by atoms with van der Waals surface area (Å²) in [7, 11) is 0. The zero-order chi connectivity index (χ0) is 30.4. The lowest BCUT2D eigenvalue weighted by Gasteiger charge is -2.24. The number of aliphatic hydroxyl groups is 1. The summed E-state index contributed by atoms with van der Waals surface area (Å²) in [6, 6.07) is 9.78. The largest absolute Gasteiger partial charge is 0.508 e. The maximum atomic E-state index is 13.2. The van der Waals surface area contributed by atoms with Crippen molar-refractivity contribution < 1.29 is 34.5 Å². The van der Waals surface area contributed by atoms with Gasteiger partial charge in [0, 0.05) is 13.0 Å². The standard InChI is InChI=1S/C27H37N7O7/c28-19(13-16-5-2-1-3-6-16)23(37)34-22(15-35)25(39)33-21(14-17-8-10-18(36)11-9-17)24(38)32-20(26(40)41)7-4-12-31-27(29)30/h1-3,5-6,8-11,19-22,35-36H,4,7,12-15,28H2,(H,32,38)(H,33,39)(H,34,37)(H,40,41)(H4,29,30,31). The number of rotatable bonds is 16. The van der Waals surface area contributed by atoms with E-state index in [1.165, 1.54) is 24.3 Å². The Balaban J connectivity index is 2.13. The fraction of sp³-hybridized carbons (Fsp3) is 0.370. The average molecular weight is 572 g/mol. The van der Waals surface area contributed by atoms with E-state index in [0.717, 1.165) is 5.56 Å². The van der Waals surface area contributed by atoms with E-state index in [1.54, 1.807) is 24.3 Å². The molecular formula is C27H37N7O7. The van der Waals surface area contributed by atoms with E-state index in [0.29, 0.717) is 5.56 Å². The highest BCUT2D eigenvalue weighted by molar-refractivity contribution is 5.94. The predicted octanol–water partition coefficient (Wildman–Crippen LogP) is -1.91. The molecule has 0 aromatic heterocycles. The number of aliphatic imine (C=N–C) groups is 1. The van der Waals surface area contributed by atoms with Crippen molar-refractivity contribution in [3.8, 4) is 5.75 Å². The molecular weight excluding hydrogens is 534 g/mol. The molecule has 0 aliphatic carbocycles. The summed E-state index contributed by atoms with van der Waals surface area (Å²) in [6.45, 7) is -0.633. The van der Waals surface area contributed by atoms with Gasteiger partial charge in [-0.25, -0.2) is 4.79 Å². The number of aliphatic carboxylic acids is 1. The molecule has 0 saturated carbocycles. The first kappa shape index (κ1) is 32.5. The van der Waals surface area contributed by atoms with Gasteiger partial charge in [0.25, 0.3) is 0 Å². The highest BCUT2D eigenvalue weighted by Crippen LogP contribution is 2.12. The number of guanidine groups is 1. The second-order valence-corrected chi connectivity index (χ2v) is 9.32. The van der Waals surface area contributed by atoms with Crippen molar-refractivity contribution in [1.29, 1.82) is 0 Å². The molecule has 41 heavy (non-hydrogen) atoms. The lowest BCUT2D eigenvalue weighted by molar-refractivity contribution is -0.142. The van der Waals surface area contributed by atoms with Gasteiger partial charge >= 0.3 is 5.97 Å². The molecule has 0 aliphatic heterocycles. The SMILES string of the molecule is NC(N)=NCCCC(NC(=O)C(Cc1ccc(O)cc1)NC(=O)C(CO)NC(=O)C(N)Cc1ccccc1)C(=O)O. The zero-order valence-corrected chi connectivity index (χ0v) is 22.4. The van der Waals surface area contributed by atoms with Crippen LogP contribution in [0.4, 0.5) is 0 Å². The molecule has 0 spiro atoms. The molecule has 4 atom stereocenters. The third kappa shape index (κ3) is 11.5. The fourth-order valence-electron chi connectivity index (χ4n) is 3.82. The number of nitrogens with one attached hydrogen (secondary N) is 3. The molecule has 0 saturated heterocycles. The van der Waals surface area contributed by atoms with Crippen molar-refractivity contribution in [2.45, 2.75) is 49.9 Å². The number of phenolic OH excluding ortho intramolecular Hbond substituents is 1. The van der Waals surface area contributed by atoms with Gasteiger partial charge in [0.15, 0.2) is 5.96 Å². The van der Waals surface area contributed by atoms with E-state index in [9.17, 15) is 34.5 Å². The first-order valence-corrected chi connectivity index (χ1v) is 12.9. The summed E-state index contributed by atoms with van der Waals surface area (Å²) in [5, 5.41) is 36.2. The molecule has 0 fully saturated rings. The van der Waals surface area contributed by atoms with E-state index in [-0.39, 0.29) is 43.9 Å². The second kappa shape index (κ2) is 16.4. The van der Waals surface area contributed by atoms with Crippen LogP contribution in [0.3, 0.4) is 0 Å². The van der Waals surface area contributed by atoms with Crippen LogP contribution < -0.4 is 33.2 Å². The molecule has 222 valence electrons. The number of carbonyl (C=O) groups is 4. The number of phenols is 1. The number of carboxylic acid groups (broad SMARTS) is 1. The lowest BCUT2D eigenvalue weighted by atomic mass is 10.0. The fourth-order valence-corrected chi connectivity index (χ4v) is 3.82. The van der Waals surface area contributed by atoms with Crippen molar-refractivity contribution in [3.05, 3.63) is 65.7 Å². The van der Waals surface area contributed by atoms with Gasteiger partial charge in [-0.05, 0) is 42.5 Å². The van der Waals surface area contributed by atoms with Crippen LogP contribution in [0.2, 0.25) is 0 Å². The number of nitrogens with zero attached hydrogens (tertiary/aromatic N) is 1. The molecule has 0 radical (unpaired) electrons. The van der Waals surface area contributed by atoms with Crippen molar-refractivity contribution in [2.75, 3.05) is 13.2 Å². The van der Waals surface area contributed by atoms with Gasteiger partial charge in [-0.2, -0.15) is 0 Å². The Morgan fingerprint density at radius 2 is 1.34 bits per heavy atom. The highest BCUT2D eigenvalue weighted by atomic mass is 16.4. The minimum absolute atomic E-state index is 0.00630. The van der Waals surface area contributed by atoms with Gasteiger partial charge in [0.05, 0.1) is 12.6 Å². The van der Waals surface area contributed by atoms with Crippen LogP contribution in [0, 0.1) is 0 Å². The van der Waals surface area contributed by atoms with Gasteiger partial charge in [-0.1, -0.05) is 42.5 Å². The minimum atomic E-state index is -1.44. The van der Waals surface area contributed by atoms with E-state index >= 15 is 0 Å². The van der Waals surface area contributed by atoms with Gasteiger partial charge < -0.3 is 48.5 Å². The third-order valence-electron chi connectivity index (χ3n) is 6.02. The van der Waals surface area contributed by atoms with E-state index in [4.69, 9.17) is 17.2 Å². The number of aromatic hydroxyl groups is 1. The van der Waals surface area contributed by atoms with E-state index < -0.39 is 54.5 Å². The summed E-state index contributed by atoms with van der Waals surface area (Å²) in [5.41, 5.74) is 17.9. The average Bonchev–Trinajstić information content (AvgIpc) is 2.94. The molecule has 14 heteroatoms. The summed E-state index contributed by atoms with van der Waals surface area (Å²) in [6.07, 6.45) is 0.369. The number of benzene rings is 2. The van der Waals surface area contributed by atoms with E-state index in [2.05, 4.69) is 20.9 Å². The normalized spacial score (nSPS) is 13.6. The smallest absolute Gasteiger partial charge is 0.326 e. The van der Waals surface area contributed by atoms with Crippen molar-refractivity contribution in [3.63, 3.8) is 0 Å². The maximum absolute atomic E-state index is 13.2. The Kier molecular flexibility index (Phi) is 13.0. The third-order valence-corrected chi connectivity index (χ3v) is 6.02. The first-order chi connectivity index (χ1) is 19.5. The Bertz CT molecular complexity index is 1190. The predicted molar refractivity (Wildman–Crippen MR) is 150 cm³/mol. The van der Waals surface area contributed by atoms with Gasteiger partial charge in [-0.3, -0.25) is 19.4 Å². The Morgan fingerprint density at radius 1 is 0.780 bits per heavy atom. The number of aliphatic hydroxyl groups excluding tert-OH is 1. The minimum Gasteiger partial charge on any atom is -0.508 e. The number of hydrogen-bond acceptors (Lipinski definition) is 8. The summed E-state index contributed by atoms with van der Waals surface area (Å²) in [5.74, 6) is -3.85. The number of amides is 3. The number of carbonyl (C=O) groups excluding carboxylic acids is 3. The van der Waals surface area contributed by atoms with Gasteiger partial charge in [0.2, 0.25) is 17.7 Å². The van der Waals surface area contributed by atoms with Crippen molar-refractivity contribution in [2.24, 2.45) is 22.2 Å². The topological polar surface area (TPSA) is 255 Å². The molecule has 0 aliphatic rings. The first-order valence-electron chi connectivity index (χ1n) is 12.9. The molecule has 0 bridgehead atoms. The molecule has 4 unspecified atom stereocenters. The zero-order valence-electron chi connectivity index (χ0n) is 22.4. The number of carboxylic acids is 1. The summed E-state index contributed by atoms with van der Waals surface area (Å²) in [4.78, 5) is 54.4. The monoisotopic (exact) mass is 571 g/mol. The molecule has 0 heterocycles. The van der Waals surface area contributed by atoms with Crippen molar-refractivity contribution >= 4 is 29.7 Å². The molecule has 14 nitrogen and oxygen atoms in total.